The standard InChI is InChI=1S/C19H15ClN4O3/c20-15-5-1-4-14(9-15)17-7-6-16(27-17)12-23-24-19(26)18(25)22-11-13-3-2-8-21-10-13/h1-10,12H,11H2,(H,22,25)(H,24,26)/b23-12-. The molecule has 3 aromatic rings. The van der Waals surface area contributed by atoms with Gasteiger partial charge < -0.3 is 9.73 Å². The summed E-state index contributed by atoms with van der Waals surface area (Å²) in [5.74, 6) is -0.646. The summed E-state index contributed by atoms with van der Waals surface area (Å²) < 4.78 is 5.61. The molecule has 2 aromatic heterocycles. The lowest BCUT2D eigenvalue weighted by Crippen LogP contribution is -2.37. The summed E-state index contributed by atoms with van der Waals surface area (Å²) in [5.41, 5.74) is 3.75. The lowest BCUT2D eigenvalue weighted by molar-refractivity contribution is -0.139. The Morgan fingerprint density at radius 3 is 2.81 bits per heavy atom. The number of rotatable bonds is 5. The predicted octanol–water partition coefficient (Wildman–Crippen LogP) is 2.76. The van der Waals surface area contributed by atoms with E-state index < -0.39 is 11.8 Å². The van der Waals surface area contributed by atoms with E-state index in [0.717, 1.165) is 11.1 Å². The van der Waals surface area contributed by atoms with Gasteiger partial charge in [0.05, 0.1) is 6.21 Å². The zero-order chi connectivity index (χ0) is 19.1. The summed E-state index contributed by atoms with van der Waals surface area (Å²) in [4.78, 5) is 27.4. The fourth-order valence-corrected chi connectivity index (χ4v) is 2.38. The van der Waals surface area contributed by atoms with Crippen LogP contribution in [0, 0.1) is 0 Å². The maximum atomic E-state index is 11.7. The van der Waals surface area contributed by atoms with Gasteiger partial charge >= 0.3 is 11.8 Å². The normalized spacial score (nSPS) is 10.7. The van der Waals surface area contributed by atoms with Crippen molar-refractivity contribution in [1.29, 1.82) is 0 Å². The minimum Gasteiger partial charge on any atom is -0.455 e. The first-order chi connectivity index (χ1) is 13.1. The average Bonchev–Trinajstić information content (AvgIpc) is 3.16. The number of aromatic nitrogens is 1. The topological polar surface area (TPSA) is 96.6 Å². The first-order valence-corrected chi connectivity index (χ1v) is 8.35. The Morgan fingerprint density at radius 2 is 2.04 bits per heavy atom. The third kappa shape index (κ3) is 5.26. The molecule has 1 aromatic carbocycles. The van der Waals surface area contributed by atoms with Gasteiger partial charge in [-0.1, -0.05) is 29.8 Å². The number of pyridine rings is 1. The van der Waals surface area contributed by atoms with Crippen molar-refractivity contribution in [2.24, 2.45) is 5.10 Å². The first kappa shape index (κ1) is 18.3. The number of amides is 2. The van der Waals surface area contributed by atoms with Crippen LogP contribution in [0.5, 0.6) is 0 Å². The van der Waals surface area contributed by atoms with Crippen LogP contribution < -0.4 is 10.7 Å². The number of nitrogens with one attached hydrogen (secondary N) is 2. The van der Waals surface area contributed by atoms with E-state index in [1.54, 1.807) is 48.8 Å². The Labute approximate surface area is 160 Å². The number of halogens is 1. The van der Waals surface area contributed by atoms with Crippen molar-refractivity contribution in [1.82, 2.24) is 15.7 Å². The molecule has 2 amide bonds. The highest BCUT2D eigenvalue weighted by atomic mass is 35.5. The van der Waals surface area contributed by atoms with Gasteiger partial charge in [-0.25, -0.2) is 5.43 Å². The van der Waals surface area contributed by atoms with Crippen LogP contribution in [0.25, 0.3) is 11.3 Å². The molecule has 7 nitrogen and oxygen atoms in total. The van der Waals surface area contributed by atoms with Gasteiger partial charge in [-0.3, -0.25) is 14.6 Å². The predicted molar refractivity (Wildman–Crippen MR) is 101 cm³/mol. The van der Waals surface area contributed by atoms with Crippen molar-refractivity contribution in [3.05, 3.63) is 77.3 Å². The molecule has 3 rings (SSSR count). The zero-order valence-corrected chi connectivity index (χ0v) is 14.8. The Balaban J connectivity index is 1.51. The highest BCUT2D eigenvalue weighted by molar-refractivity contribution is 6.35. The molecular formula is C19H15ClN4O3. The number of nitrogens with zero attached hydrogens (tertiary/aromatic N) is 2. The van der Waals surface area contributed by atoms with Crippen molar-refractivity contribution in [2.75, 3.05) is 0 Å². The van der Waals surface area contributed by atoms with Gasteiger partial charge in [-0.15, -0.1) is 0 Å². The summed E-state index contributed by atoms with van der Waals surface area (Å²) in [6.45, 7) is 0.199. The molecule has 136 valence electrons. The number of benzene rings is 1. The van der Waals surface area contributed by atoms with Crippen molar-refractivity contribution >= 4 is 29.6 Å². The lowest BCUT2D eigenvalue weighted by atomic mass is 10.2. The van der Waals surface area contributed by atoms with Crippen molar-refractivity contribution in [2.45, 2.75) is 6.54 Å². The van der Waals surface area contributed by atoms with E-state index in [4.69, 9.17) is 16.0 Å². The smallest absolute Gasteiger partial charge is 0.329 e. The van der Waals surface area contributed by atoms with Crippen LogP contribution in [-0.2, 0) is 16.1 Å². The van der Waals surface area contributed by atoms with Gasteiger partial charge in [0.2, 0.25) is 0 Å². The summed E-state index contributed by atoms with van der Waals surface area (Å²) in [6, 6.07) is 14.2. The van der Waals surface area contributed by atoms with Gasteiger partial charge in [-0.2, -0.15) is 5.10 Å². The summed E-state index contributed by atoms with van der Waals surface area (Å²) in [7, 11) is 0. The number of hydrogen-bond acceptors (Lipinski definition) is 5. The number of carbonyl (C=O) groups is 2. The van der Waals surface area contributed by atoms with Gasteiger partial charge in [0, 0.05) is 29.5 Å². The zero-order valence-electron chi connectivity index (χ0n) is 14.1. The van der Waals surface area contributed by atoms with Crippen LogP contribution in [0.15, 0.2) is 70.4 Å². The molecule has 0 spiro atoms. The van der Waals surface area contributed by atoms with Crippen molar-refractivity contribution in [3.63, 3.8) is 0 Å². The maximum Gasteiger partial charge on any atom is 0.329 e. The first-order valence-electron chi connectivity index (χ1n) is 7.98. The fourth-order valence-electron chi connectivity index (χ4n) is 2.19. The lowest BCUT2D eigenvalue weighted by Gasteiger charge is -2.03. The van der Waals surface area contributed by atoms with Crippen LogP contribution in [0.4, 0.5) is 0 Å². The van der Waals surface area contributed by atoms with E-state index in [2.05, 4.69) is 20.8 Å². The van der Waals surface area contributed by atoms with E-state index in [0.29, 0.717) is 16.5 Å². The number of carbonyl (C=O) groups excluding carboxylic acids is 2. The molecule has 2 heterocycles. The second-order valence-electron chi connectivity index (χ2n) is 5.46. The van der Waals surface area contributed by atoms with Crippen LogP contribution in [0.3, 0.4) is 0 Å². The van der Waals surface area contributed by atoms with Crippen LogP contribution in [0.2, 0.25) is 5.02 Å². The third-order valence-electron chi connectivity index (χ3n) is 3.48. The van der Waals surface area contributed by atoms with Gasteiger partial charge in [0.15, 0.2) is 0 Å². The molecule has 0 unspecified atom stereocenters. The van der Waals surface area contributed by atoms with Crippen LogP contribution in [-0.4, -0.2) is 23.0 Å². The maximum absolute atomic E-state index is 11.7. The van der Waals surface area contributed by atoms with E-state index in [9.17, 15) is 9.59 Å². The molecule has 0 saturated heterocycles. The summed E-state index contributed by atoms with van der Waals surface area (Å²) in [6.07, 6.45) is 4.53. The number of furan rings is 1. The highest BCUT2D eigenvalue weighted by Crippen LogP contribution is 2.24. The summed E-state index contributed by atoms with van der Waals surface area (Å²) >= 11 is 5.96. The fraction of sp³-hybridized carbons (Fsp3) is 0.0526. The van der Waals surface area contributed by atoms with E-state index in [-0.39, 0.29) is 6.54 Å². The number of hydrogen-bond donors (Lipinski definition) is 2. The van der Waals surface area contributed by atoms with E-state index >= 15 is 0 Å². The largest absolute Gasteiger partial charge is 0.455 e. The molecule has 2 N–H and O–H groups in total. The Bertz CT molecular complexity index is 970. The minimum atomic E-state index is -0.878. The Hall–Kier alpha value is -3.45. The minimum absolute atomic E-state index is 0.199. The molecule has 0 fully saturated rings. The molecular weight excluding hydrogens is 368 g/mol. The number of hydrazone groups is 1. The molecule has 0 aliphatic carbocycles. The molecule has 0 radical (unpaired) electrons. The molecule has 0 saturated carbocycles. The average molecular weight is 383 g/mol. The van der Waals surface area contributed by atoms with Crippen LogP contribution in [0.1, 0.15) is 11.3 Å². The molecule has 27 heavy (non-hydrogen) atoms. The van der Waals surface area contributed by atoms with Gasteiger partial charge in [-0.05, 0) is 35.9 Å². The Kier molecular flexibility index (Phi) is 5.96. The SMILES string of the molecule is O=C(NCc1cccnc1)C(=O)N/N=C\c1ccc(-c2cccc(Cl)c2)o1. The monoisotopic (exact) mass is 382 g/mol. The second kappa shape index (κ2) is 8.77. The summed E-state index contributed by atoms with van der Waals surface area (Å²) in [5, 5.41) is 6.80. The van der Waals surface area contributed by atoms with Crippen LogP contribution >= 0.6 is 11.6 Å². The van der Waals surface area contributed by atoms with E-state index in [1.807, 2.05) is 12.1 Å². The Morgan fingerprint density at radius 1 is 1.15 bits per heavy atom. The second-order valence-corrected chi connectivity index (χ2v) is 5.89. The van der Waals surface area contributed by atoms with E-state index in [1.165, 1.54) is 6.21 Å². The molecule has 8 heteroatoms. The molecule has 0 bridgehead atoms. The molecule has 0 atom stereocenters. The quantitative estimate of drug-likeness (QED) is 0.403. The van der Waals surface area contributed by atoms with Gasteiger partial charge in [0.25, 0.3) is 0 Å². The van der Waals surface area contributed by atoms with Gasteiger partial charge in [0.1, 0.15) is 11.5 Å². The van der Waals surface area contributed by atoms with Crippen molar-refractivity contribution in [3.8, 4) is 11.3 Å². The molecule has 0 aliphatic rings. The third-order valence-corrected chi connectivity index (χ3v) is 3.71. The molecule has 0 aliphatic heterocycles. The highest BCUT2D eigenvalue weighted by Gasteiger charge is 2.12. The van der Waals surface area contributed by atoms with Crippen molar-refractivity contribution < 1.29 is 14.0 Å².